The minimum Gasteiger partial charge on any atom is -0.496 e. The Morgan fingerprint density at radius 2 is 1.90 bits per heavy atom. The summed E-state index contributed by atoms with van der Waals surface area (Å²) in [4.78, 5) is 0. The Balaban J connectivity index is 2.20. The molecule has 0 amide bonds. The molecule has 0 fully saturated rings. The predicted molar refractivity (Wildman–Crippen MR) is 82.0 cm³/mol. The zero-order valence-corrected chi connectivity index (χ0v) is 12.0. The van der Waals surface area contributed by atoms with E-state index in [1.807, 2.05) is 36.4 Å². The number of nitrogens with one attached hydrogen (secondary N) is 1. The summed E-state index contributed by atoms with van der Waals surface area (Å²) in [6.07, 6.45) is 0.991. The van der Waals surface area contributed by atoms with Crippen LogP contribution in [0.4, 0.5) is 5.69 Å². The van der Waals surface area contributed by atoms with Gasteiger partial charge in [0.2, 0.25) is 0 Å². The summed E-state index contributed by atoms with van der Waals surface area (Å²) in [7, 11) is 1.61. The summed E-state index contributed by atoms with van der Waals surface area (Å²) in [5.41, 5.74) is 3.04. The molecule has 1 atom stereocenters. The lowest BCUT2D eigenvalue weighted by molar-refractivity contribution is 0.274. The van der Waals surface area contributed by atoms with Crippen LogP contribution >= 0.6 is 0 Å². The van der Waals surface area contributed by atoms with E-state index < -0.39 is 0 Å². The predicted octanol–water partition coefficient (Wildman–Crippen LogP) is 3.75. The van der Waals surface area contributed by atoms with Gasteiger partial charge in [-0.2, -0.15) is 0 Å². The van der Waals surface area contributed by atoms with Crippen molar-refractivity contribution in [3.8, 4) is 5.75 Å². The maximum absolute atomic E-state index is 9.37. The average molecular weight is 271 g/mol. The number of aliphatic hydroxyl groups excluding tert-OH is 1. The number of anilines is 1. The minimum atomic E-state index is -0.0270. The second kappa shape index (κ2) is 6.96. The molecule has 0 heterocycles. The van der Waals surface area contributed by atoms with E-state index in [1.54, 1.807) is 7.11 Å². The van der Waals surface area contributed by atoms with Gasteiger partial charge in [0.05, 0.1) is 19.8 Å². The first kappa shape index (κ1) is 14.4. The molecule has 2 aromatic rings. The Hall–Kier alpha value is -2.00. The van der Waals surface area contributed by atoms with Crippen molar-refractivity contribution in [3.63, 3.8) is 0 Å². The maximum atomic E-state index is 9.37. The molecular weight excluding hydrogens is 250 g/mol. The van der Waals surface area contributed by atoms with E-state index >= 15 is 0 Å². The van der Waals surface area contributed by atoms with Crippen molar-refractivity contribution in [1.29, 1.82) is 0 Å². The topological polar surface area (TPSA) is 41.5 Å². The van der Waals surface area contributed by atoms with Gasteiger partial charge in [0.15, 0.2) is 0 Å². The van der Waals surface area contributed by atoms with Crippen molar-refractivity contribution in [2.24, 2.45) is 0 Å². The molecule has 0 bridgehead atoms. The van der Waals surface area contributed by atoms with Crippen LogP contribution < -0.4 is 10.1 Å². The van der Waals surface area contributed by atoms with E-state index in [9.17, 15) is 5.11 Å². The third kappa shape index (κ3) is 3.31. The highest BCUT2D eigenvalue weighted by molar-refractivity contribution is 5.52. The van der Waals surface area contributed by atoms with Crippen LogP contribution in [-0.2, 0) is 6.61 Å². The molecule has 0 saturated heterocycles. The van der Waals surface area contributed by atoms with Crippen molar-refractivity contribution in [3.05, 3.63) is 59.7 Å². The van der Waals surface area contributed by atoms with Gasteiger partial charge in [0.1, 0.15) is 5.75 Å². The first-order valence-corrected chi connectivity index (χ1v) is 6.87. The van der Waals surface area contributed by atoms with E-state index in [0.717, 1.165) is 17.7 Å². The van der Waals surface area contributed by atoms with Gasteiger partial charge in [0, 0.05) is 11.3 Å². The summed E-state index contributed by atoms with van der Waals surface area (Å²) in [5, 5.41) is 12.9. The van der Waals surface area contributed by atoms with Gasteiger partial charge in [-0.25, -0.2) is 0 Å². The van der Waals surface area contributed by atoms with Crippen LogP contribution in [0.5, 0.6) is 5.75 Å². The lowest BCUT2D eigenvalue weighted by Crippen LogP contribution is -2.09. The minimum absolute atomic E-state index is 0.0270. The highest BCUT2D eigenvalue weighted by Gasteiger charge is 2.10. The number of methoxy groups -OCH3 is 1. The largest absolute Gasteiger partial charge is 0.496 e. The van der Waals surface area contributed by atoms with Gasteiger partial charge in [-0.3, -0.25) is 0 Å². The summed E-state index contributed by atoms with van der Waals surface area (Å²) in [6.45, 7) is 2.13. The number of ether oxygens (including phenoxy) is 1. The molecule has 106 valence electrons. The summed E-state index contributed by atoms with van der Waals surface area (Å²) >= 11 is 0. The van der Waals surface area contributed by atoms with Crippen LogP contribution in [0.15, 0.2) is 48.5 Å². The third-order valence-corrected chi connectivity index (χ3v) is 3.40. The first-order chi connectivity index (χ1) is 9.78. The van der Waals surface area contributed by atoms with Gasteiger partial charge in [-0.05, 0) is 30.2 Å². The molecule has 0 unspecified atom stereocenters. The molecule has 2 N–H and O–H groups in total. The van der Waals surface area contributed by atoms with Crippen molar-refractivity contribution in [2.75, 3.05) is 12.4 Å². The molecule has 0 aliphatic carbocycles. The number of rotatable bonds is 6. The molecule has 3 heteroatoms. The van der Waals surface area contributed by atoms with Crippen LogP contribution in [0.3, 0.4) is 0 Å². The smallest absolute Gasteiger partial charge is 0.124 e. The number of benzene rings is 2. The molecule has 0 aliphatic heterocycles. The highest BCUT2D eigenvalue weighted by Crippen LogP contribution is 2.27. The summed E-state index contributed by atoms with van der Waals surface area (Å²) < 4.78 is 5.22. The van der Waals surface area contributed by atoms with Gasteiger partial charge in [-0.15, -0.1) is 0 Å². The van der Waals surface area contributed by atoms with Crippen LogP contribution in [0.2, 0.25) is 0 Å². The summed E-state index contributed by atoms with van der Waals surface area (Å²) in [5.74, 6) is 0.714. The van der Waals surface area contributed by atoms with Crippen LogP contribution in [-0.4, -0.2) is 12.2 Å². The Kier molecular flexibility index (Phi) is 5.02. The Morgan fingerprint density at radius 1 is 1.15 bits per heavy atom. The molecule has 20 heavy (non-hydrogen) atoms. The van der Waals surface area contributed by atoms with Gasteiger partial charge in [0.25, 0.3) is 0 Å². The molecule has 0 radical (unpaired) electrons. The monoisotopic (exact) mass is 271 g/mol. The molecule has 0 aliphatic rings. The van der Waals surface area contributed by atoms with Crippen LogP contribution in [0, 0.1) is 0 Å². The Bertz CT molecular complexity index is 540. The highest BCUT2D eigenvalue weighted by atomic mass is 16.5. The molecule has 0 spiro atoms. The lowest BCUT2D eigenvalue weighted by atomic mass is 10.0. The maximum Gasteiger partial charge on any atom is 0.124 e. The third-order valence-electron chi connectivity index (χ3n) is 3.40. The number of aliphatic hydroxyl groups is 1. The van der Waals surface area contributed by atoms with Crippen LogP contribution in [0.25, 0.3) is 0 Å². The molecule has 3 nitrogen and oxygen atoms in total. The van der Waals surface area contributed by atoms with E-state index in [0.29, 0.717) is 5.75 Å². The first-order valence-electron chi connectivity index (χ1n) is 6.87. The zero-order chi connectivity index (χ0) is 14.4. The fourth-order valence-corrected chi connectivity index (χ4v) is 2.30. The van der Waals surface area contributed by atoms with E-state index in [2.05, 4.69) is 24.4 Å². The van der Waals surface area contributed by atoms with E-state index in [4.69, 9.17) is 4.74 Å². The Labute approximate surface area is 120 Å². The quantitative estimate of drug-likeness (QED) is 0.840. The van der Waals surface area contributed by atoms with Crippen molar-refractivity contribution in [1.82, 2.24) is 0 Å². The normalized spacial score (nSPS) is 11.9. The van der Waals surface area contributed by atoms with Gasteiger partial charge < -0.3 is 15.2 Å². The number of hydrogen-bond acceptors (Lipinski definition) is 3. The average Bonchev–Trinajstić information content (AvgIpc) is 2.53. The van der Waals surface area contributed by atoms with Gasteiger partial charge in [-0.1, -0.05) is 37.3 Å². The van der Waals surface area contributed by atoms with E-state index in [1.165, 1.54) is 5.56 Å². The molecule has 2 aromatic carbocycles. The summed E-state index contributed by atoms with van der Waals surface area (Å²) in [6, 6.07) is 16.4. The van der Waals surface area contributed by atoms with Crippen molar-refractivity contribution in [2.45, 2.75) is 26.0 Å². The zero-order valence-electron chi connectivity index (χ0n) is 12.0. The fourth-order valence-electron chi connectivity index (χ4n) is 2.30. The van der Waals surface area contributed by atoms with Crippen molar-refractivity contribution < 1.29 is 9.84 Å². The van der Waals surface area contributed by atoms with Gasteiger partial charge >= 0.3 is 0 Å². The lowest BCUT2D eigenvalue weighted by Gasteiger charge is -2.19. The molecule has 0 saturated carbocycles. The molecule has 2 rings (SSSR count). The second-order valence-corrected chi connectivity index (χ2v) is 4.70. The second-order valence-electron chi connectivity index (χ2n) is 4.70. The molecule has 0 aromatic heterocycles. The number of hydrogen-bond donors (Lipinski definition) is 2. The van der Waals surface area contributed by atoms with Crippen molar-refractivity contribution >= 4 is 5.69 Å². The Morgan fingerprint density at radius 3 is 2.50 bits per heavy atom. The molecular formula is C17H21NO2. The van der Waals surface area contributed by atoms with Crippen LogP contribution in [0.1, 0.15) is 30.5 Å². The fraction of sp³-hybridized carbons (Fsp3) is 0.294. The standard InChI is InChI=1S/C17H21NO2/c1-3-16(13-7-5-4-6-8-13)18-15-9-10-17(20-2)14(11-15)12-19/h4-11,16,18-19H,3,12H2,1-2H3/t16-/m0/s1. The van der Waals surface area contributed by atoms with E-state index in [-0.39, 0.29) is 12.6 Å². The SMILES string of the molecule is CC[C@H](Nc1ccc(OC)c(CO)c1)c1ccccc1.